The summed E-state index contributed by atoms with van der Waals surface area (Å²) in [5.41, 5.74) is 0. The lowest BCUT2D eigenvalue weighted by molar-refractivity contribution is -0.344. The van der Waals surface area contributed by atoms with Gasteiger partial charge in [0.2, 0.25) is 0 Å². The number of rotatable bonds is 1. The second kappa shape index (κ2) is 2.75. The molecule has 0 aliphatic carbocycles. The van der Waals surface area contributed by atoms with Gasteiger partial charge in [-0.15, -0.1) is 13.2 Å². The maximum atomic E-state index is 11.4. The van der Waals surface area contributed by atoms with Crippen LogP contribution in [0.2, 0.25) is 0 Å². The molecule has 1 heterocycles. The zero-order valence-electron chi connectivity index (χ0n) is 5.11. The van der Waals surface area contributed by atoms with Crippen molar-refractivity contribution in [3.8, 4) is 0 Å². The zero-order chi connectivity index (χ0) is 7.61. The minimum atomic E-state index is -4.52. The largest absolute Gasteiger partial charge is 0.524 e. The van der Waals surface area contributed by atoms with Gasteiger partial charge >= 0.3 is 6.36 Å². The molecule has 59 valence electrons. The number of ether oxygens (including phenoxy) is 1. The first-order valence-corrected chi connectivity index (χ1v) is 2.90. The minimum absolute atomic E-state index is 0.388. The smallest absolute Gasteiger partial charge is 0.288 e. The summed E-state index contributed by atoms with van der Waals surface area (Å²) in [6.45, 7) is 1.57. The van der Waals surface area contributed by atoms with Gasteiger partial charge in [-0.1, -0.05) is 0 Å². The molecule has 0 aromatic heterocycles. The lowest BCUT2D eigenvalue weighted by atomic mass is 10.4. The van der Waals surface area contributed by atoms with E-state index in [9.17, 15) is 13.2 Å². The van der Waals surface area contributed by atoms with E-state index in [0.717, 1.165) is 0 Å². The Morgan fingerprint density at radius 3 is 2.60 bits per heavy atom. The van der Waals surface area contributed by atoms with Gasteiger partial charge in [-0.25, -0.2) is 0 Å². The van der Waals surface area contributed by atoms with Gasteiger partial charge in [0.15, 0.2) is 0 Å². The first-order valence-electron chi connectivity index (χ1n) is 2.90. The topological polar surface area (TPSA) is 21.3 Å². The Morgan fingerprint density at radius 1 is 1.50 bits per heavy atom. The first kappa shape index (κ1) is 7.81. The first-order chi connectivity index (χ1) is 4.58. The van der Waals surface area contributed by atoms with Gasteiger partial charge in [0, 0.05) is 6.54 Å². The lowest BCUT2D eigenvalue weighted by Gasteiger charge is -2.13. The second-order valence-corrected chi connectivity index (χ2v) is 2.00. The van der Waals surface area contributed by atoms with E-state index in [0.29, 0.717) is 12.8 Å². The van der Waals surface area contributed by atoms with E-state index in [2.05, 4.69) is 10.1 Å². The fourth-order valence-corrected chi connectivity index (χ4v) is 0.787. The average molecular weight is 154 g/mol. The van der Waals surface area contributed by atoms with Gasteiger partial charge in [0.25, 0.3) is 0 Å². The van der Waals surface area contributed by atoms with Crippen molar-refractivity contribution in [2.45, 2.75) is 25.4 Å². The number of hydrogen-bond donors (Lipinski definition) is 1. The highest BCUT2D eigenvalue weighted by Crippen LogP contribution is 2.22. The van der Waals surface area contributed by atoms with Gasteiger partial charge in [0.1, 0.15) is 6.23 Å². The van der Waals surface area contributed by atoms with Crippen molar-refractivity contribution in [1.29, 1.82) is 0 Å². The number of hydrogen-bond acceptors (Lipinski definition) is 2. The predicted molar refractivity (Wildman–Crippen MR) is 27.6 cm³/mol. The molecule has 0 bridgehead atoms. The summed E-state index contributed by atoms with van der Waals surface area (Å²) in [6, 6.07) is 0. The van der Waals surface area contributed by atoms with Crippen molar-refractivity contribution >= 4 is 0 Å². The van der Waals surface area contributed by atoms with Crippen molar-refractivity contribution in [2.24, 2.45) is 0 Å². The number of alkyl halides is 3. The number of halogens is 3. The molecule has 0 amide bonds. The Balaban J connectivity index is 2.24. The molecular weight excluding hydrogens is 147 g/mol. The molecule has 1 aliphatic rings. The van der Waals surface area contributed by atoms with Crippen LogP contribution >= 0.6 is 0 Å². The van der Waals surface area contributed by atoms with Crippen LogP contribution in [-0.4, -0.2) is 12.6 Å². The number of nitrogens with one attached hydrogen (secondary N) is 1. The summed E-state index contributed by atoms with van der Waals surface area (Å²) in [4.78, 5) is 0. The van der Waals surface area contributed by atoms with Gasteiger partial charge in [0.05, 0.1) is 0 Å². The SMILES string of the molecule is FC(F)(F)OC1CC[CH]N1. The molecule has 5 heteroatoms. The normalized spacial score (nSPS) is 27.3. The Morgan fingerprint density at radius 2 is 2.20 bits per heavy atom. The van der Waals surface area contributed by atoms with Crippen molar-refractivity contribution in [1.82, 2.24) is 5.32 Å². The van der Waals surface area contributed by atoms with E-state index in [4.69, 9.17) is 0 Å². The highest BCUT2D eigenvalue weighted by molar-refractivity contribution is 4.75. The van der Waals surface area contributed by atoms with Gasteiger partial charge in [-0.3, -0.25) is 10.1 Å². The Bertz CT molecular complexity index is 108. The van der Waals surface area contributed by atoms with E-state index in [1.54, 1.807) is 6.54 Å². The maximum absolute atomic E-state index is 11.4. The monoisotopic (exact) mass is 154 g/mol. The molecule has 1 unspecified atom stereocenters. The van der Waals surface area contributed by atoms with Crippen LogP contribution in [0.25, 0.3) is 0 Å². The molecule has 10 heavy (non-hydrogen) atoms. The summed E-state index contributed by atoms with van der Waals surface area (Å²) in [5.74, 6) is 0. The third kappa shape index (κ3) is 2.53. The van der Waals surface area contributed by atoms with Crippen LogP contribution in [0, 0.1) is 6.54 Å². The fraction of sp³-hybridized carbons (Fsp3) is 0.800. The second-order valence-electron chi connectivity index (χ2n) is 2.00. The molecule has 2 nitrogen and oxygen atoms in total. The zero-order valence-corrected chi connectivity index (χ0v) is 5.11. The summed E-state index contributed by atoms with van der Waals surface area (Å²) in [6.07, 6.45) is -4.38. The fourth-order valence-electron chi connectivity index (χ4n) is 0.787. The third-order valence-electron chi connectivity index (χ3n) is 1.15. The lowest BCUT2D eigenvalue weighted by Crippen LogP contribution is -2.30. The highest BCUT2D eigenvalue weighted by Gasteiger charge is 2.34. The van der Waals surface area contributed by atoms with Gasteiger partial charge in [-0.2, -0.15) is 0 Å². The van der Waals surface area contributed by atoms with Crippen molar-refractivity contribution < 1.29 is 17.9 Å². The Kier molecular flexibility index (Phi) is 2.15. The van der Waals surface area contributed by atoms with Crippen LogP contribution in [0.15, 0.2) is 0 Å². The molecule has 0 spiro atoms. The predicted octanol–water partition coefficient (Wildman–Crippen LogP) is 1.39. The summed E-state index contributed by atoms with van der Waals surface area (Å²) in [5, 5.41) is 2.45. The molecule has 0 aromatic carbocycles. The molecule has 1 fully saturated rings. The van der Waals surface area contributed by atoms with Crippen LogP contribution in [0.4, 0.5) is 13.2 Å². The summed E-state index contributed by atoms with van der Waals surface area (Å²) < 4.78 is 38.0. The molecule has 1 atom stereocenters. The summed E-state index contributed by atoms with van der Waals surface area (Å²) >= 11 is 0. The summed E-state index contributed by atoms with van der Waals surface area (Å²) in [7, 11) is 0. The van der Waals surface area contributed by atoms with Crippen molar-refractivity contribution in [3.63, 3.8) is 0 Å². The molecule has 1 radical (unpaired) electrons. The highest BCUT2D eigenvalue weighted by atomic mass is 19.4. The maximum Gasteiger partial charge on any atom is 0.524 e. The standard InChI is InChI=1S/C5H7F3NO/c6-5(7,8)10-4-2-1-3-9-4/h3-4,9H,1-2H2. The van der Waals surface area contributed by atoms with Crippen molar-refractivity contribution in [3.05, 3.63) is 6.54 Å². The van der Waals surface area contributed by atoms with Gasteiger partial charge < -0.3 is 0 Å². The van der Waals surface area contributed by atoms with E-state index >= 15 is 0 Å². The van der Waals surface area contributed by atoms with Crippen molar-refractivity contribution in [2.75, 3.05) is 0 Å². The molecular formula is C5H7F3NO. The van der Waals surface area contributed by atoms with Crippen LogP contribution < -0.4 is 5.32 Å². The van der Waals surface area contributed by atoms with E-state index < -0.39 is 12.6 Å². The molecule has 1 aliphatic heterocycles. The van der Waals surface area contributed by atoms with E-state index in [-0.39, 0.29) is 0 Å². The molecule has 1 rings (SSSR count). The minimum Gasteiger partial charge on any atom is -0.288 e. The molecule has 1 saturated heterocycles. The Hall–Kier alpha value is -0.290. The molecule has 0 saturated carbocycles. The Labute approximate surface area is 56.4 Å². The quantitative estimate of drug-likeness (QED) is 0.616. The average Bonchev–Trinajstić information content (AvgIpc) is 2.12. The van der Waals surface area contributed by atoms with Crippen LogP contribution in [0.1, 0.15) is 12.8 Å². The molecule has 1 N–H and O–H groups in total. The van der Waals surface area contributed by atoms with E-state index in [1.165, 1.54) is 0 Å². The van der Waals surface area contributed by atoms with E-state index in [1.807, 2.05) is 0 Å². The van der Waals surface area contributed by atoms with Crippen LogP contribution in [0.3, 0.4) is 0 Å². The molecule has 0 aromatic rings. The van der Waals surface area contributed by atoms with Crippen LogP contribution in [-0.2, 0) is 4.74 Å². The third-order valence-corrected chi connectivity index (χ3v) is 1.15. The van der Waals surface area contributed by atoms with Gasteiger partial charge in [-0.05, 0) is 12.8 Å². The van der Waals surface area contributed by atoms with Crippen LogP contribution in [0.5, 0.6) is 0 Å².